The van der Waals surface area contributed by atoms with E-state index in [-0.39, 0.29) is 6.10 Å². The molecule has 0 aliphatic rings. The smallest absolute Gasteiger partial charge is 0.0897 e. The minimum atomic E-state index is -0.382. The number of ether oxygens (including phenoxy) is 1. The average Bonchev–Trinajstić information content (AvgIpc) is 2.33. The first-order valence-corrected chi connectivity index (χ1v) is 7.56. The molecule has 110 valence electrons. The zero-order chi connectivity index (χ0) is 13.8. The van der Waals surface area contributed by atoms with Crippen molar-refractivity contribution in [3.63, 3.8) is 0 Å². The van der Waals surface area contributed by atoms with Crippen LogP contribution in [0.2, 0.25) is 0 Å². The molecule has 0 radical (unpaired) electrons. The average molecular weight is 259 g/mol. The van der Waals surface area contributed by atoms with Crippen molar-refractivity contribution in [2.24, 2.45) is 11.8 Å². The molecule has 0 bridgehead atoms. The predicted molar refractivity (Wildman–Crippen MR) is 77.8 cm³/mol. The minimum Gasteiger partial charge on any atom is -0.389 e. The molecule has 2 N–H and O–H groups in total. The number of hydrogen-bond donors (Lipinski definition) is 2. The number of nitrogens with one attached hydrogen (secondary N) is 1. The normalized spacial score (nSPS) is 15.0. The first kappa shape index (κ1) is 17.9. The Morgan fingerprint density at radius 2 is 1.83 bits per heavy atom. The SMILES string of the molecule is CCCCC(CC)CNCC(O)COCC(C)C. The van der Waals surface area contributed by atoms with E-state index < -0.39 is 0 Å². The van der Waals surface area contributed by atoms with Gasteiger partial charge >= 0.3 is 0 Å². The third-order valence-corrected chi connectivity index (χ3v) is 3.12. The molecule has 0 aliphatic carbocycles. The summed E-state index contributed by atoms with van der Waals surface area (Å²) in [7, 11) is 0. The van der Waals surface area contributed by atoms with Crippen LogP contribution in [0.5, 0.6) is 0 Å². The van der Waals surface area contributed by atoms with Crippen LogP contribution in [0.1, 0.15) is 53.4 Å². The number of aliphatic hydroxyl groups excluding tert-OH is 1. The molecule has 3 nitrogen and oxygen atoms in total. The lowest BCUT2D eigenvalue weighted by Gasteiger charge is -2.17. The quantitative estimate of drug-likeness (QED) is 0.566. The zero-order valence-corrected chi connectivity index (χ0v) is 12.7. The van der Waals surface area contributed by atoms with Gasteiger partial charge in [0.25, 0.3) is 0 Å². The highest BCUT2D eigenvalue weighted by Crippen LogP contribution is 2.11. The minimum absolute atomic E-state index is 0.382. The largest absolute Gasteiger partial charge is 0.389 e. The summed E-state index contributed by atoms with van der Waals surface area (Å²) in [4.78, 5) is 0. The second-order valence-electron chi connectivity index (χ2n) is 5.66. The topological polar surface area (TPSA) is 41.5 Å². The Labute approximate surface area is 113 Å². The van der Waals surface area contributed by atoms with E-state index >= 15 is 0 Å². The number of rotatable bonds is 12. The van der Waals surface area contributed by atoms with Crippen LogP contribution in [-0.2, 0) is 4.74 Å². The summed E-state index contributed by atoms with van der Waals surface area (Å²) in [5.41, 5.74) is 0. The van der Waals surface area contributed by atoms with Crippen molar-refractivity contribution in [1.29, 1.82) is 0 Å². The van der Waals surface area contributed by atoms with Gasteiger partial charge < -0.3 is 15.2 Å². The van der Waals surface area contributed by atoms with Gasteiger partial charge in [0.15, 0.2) is 0 Å². The molecule has 18 heavy (non-hydrogen) atoms. The van der Waals surface area contributed by atoms with Crippen LogP contribution in [-0.4, -0.2) is 37.5 Å². The van der Waals surface area contributed by atoms with Crippen LogP contribution in [0.15, 0.2) is 0 Å². The molecule has 0 aromatic heterocycles. The lowest BCUT2D eigenvalue weighted by molar-refractivity contribution is 0.0258. The van der Waals surface area contributed by atoms with Crippen molar-refractivity contribution < 1.29 is 9.84 Å². The Hall–Kier alpha value is -0.120. The van der Waals surface area contributed by atoms with E-state index in [1.54, 1.807) is 0 Å². The first-order chi connectivity index (χ1) is 8.60. The van der Waals surface area contributed by atoms with Gasteiger partial charge in [-0.15, -0.1) is 0 Å². The van der Waals surface area contributed by atoms with Crippen LogP contribution in [0.25, 0.3) is 0 Å². The second-order valence-corrected chi connectivity index (χ2v) is 5.66. The molecule has 0 spiro atoms. The van der Waals surface area contributed by atoms with Crippen LogP contribution < -0.4 is 5.32 Å². The molecule has 2 unspecified atom stereocenters. The van der Waals surface area contributed by atoms with E-state index in [4.69, 9.17) is 4.74 Å². The molecule has 0 saturated heterocycles. The number of hydrogen-bond acceptors (Lipinski definition) is 3. The fraction of sp³-hybridized carbons (Fsp3) is 1.00. The highest BCUT2D eigenvalue weighted by Gasteiger charge is 2.08. The van der Waals surface area contributed by atoms with Crippen LogP contribution >= 0.6 is 0 Å². The van der Waals surface area contributed by atoms with Gasteiger partial charge in [-0.3, -0.25) is 0 Å². The van der Waals surface area contributed by atoms with Gasteiger partial charge in [0, 0.05) is 13.2 Å². The van der Waals surface area contributed by atoms with Crippen molar-refractivity contribution in [2.75, 3.05) is 26.3 Å². The van der Waals surface area contributed by atoms with Crippen molar-refractivity contribution in [3.8, 4) is 0 Å². The molecule has 0 fully saturated rings. The third kappa shape index (κ3) is 11.0. The Bertz CT molecular complexity index is 174. The third-order valence-electron chi connectivity index (χ3n) is 3.12. The fourth-order valence-electron chi connectivity index (χ4n) is 1.90. The van der Waals surface area contributed by atoms with Gasteiger partial charge in [0.05, 0.1) is 12.7 Å². The molecule has 0 aliphatic heterocycles. The van der Waals surface area contributed by atoms with E-state index in [0.717, 1.165) is 19.1 Å². The summed E-state index contributed by atoms with van der Waals surface area (Å²) in [6.45, 7) is 11.5. The summed E-state index contributed by atoms with van der Waals surface area (Å²) in [6.07, 6.45) is 4.70. The van der Waals surface area contributed by atoms with E-state index in [0.29, 0.717) is 19.1 Å². The molecule has 0 heterocycles. The lowest BCUT2D eigenvalue weighted by atomic mass is 9.99. The summed E-state index contributed by atoms with van der Waals surface area (Å²) < 4.78 is 5.42. The van der Waals surface area contributed by atoms with E-state index in [2.05, 4.69) is 33.0 Å². The van der Waals surface area contributed by atoms with Gasteiger partial charge in [-0.2, -0.15) is 0 Å². The Kier molecular flexibility index (Phi) is 11.9. The molecule has 3 heteroatoms. The van der Waals surface area contributed by atoms with Gasteiger partial charge in [-0.1, -0.05) is 47.0 Å². The van der Waals surface area contributed by atoms with Gasteiger partial charge in [0.2, 0.25) is 0 Å². The van der Waals surface area contributed by atoms with Crippen LogP contribution in [0.4, 0.5) is 0 Å². The van der Waals surface area contributed by atoms with Crippen molar-refractivity contribution in [2.45, 2.75) is 59.5 Å². The van der Waals surface area contributed by atoms with Crippen molar-refractivity contribution in [1.82, 2.24) is 5.32 Å². The van der Waals surface area contributed by atoms with Crippen LogP contribution in [0, 0.1) is 11.8 Å². The van der Waals surface area contributed by atoms with Crippen molar-refractivity contribution in [3.05, 3.63) is 0 Å². The molecule has 0 aromatic carbocycles. The molecule has 0 aromatic rings. The fourth-order valence-corrected chi connectivity index (χ4v) is 1.90. The summed E-state index contributed by atoms with van der Waals surface area (Å²) in [6, 6.07) is 0. The summed E-state index contributed by atoms with van der Waals surface area (Å²) in [5.74, 6) is 1.28. The molecular formula is C15H33NO2. The Morgan fingerprint density at radius 1 is 1.11 bits per heavy atom. The molecule has 0 saturated carbocycles. The van der Waals surface area contributed by atoms with Gasteiger partial charge in [-0.25, -0.2) is 0 Å². The molecule has 2 atom stereocenters. The Balaban J connectivity index is 3.49. The highest BCUT2D eigenvalue weighted by atomic mass is 16.5. The number of aliphatic hydroxyl groups is 1. The maximum absolute atomic E-state index is 9.74. The molecule has 0 rings (SSSR count). The van der Waals surface area contributed by atoms with Gasteiger partial charge in [-0.05, 0) is 24.8 Å². The Morgan fingerprint density at radius 3 is 2.39 bits per heavy atom. The summed E-state index contributed by atoms with van der Waals surface area (Å²) >= 11 is 0. The monoisotopic (exact) mass is 259 g/mol. The maximum atomic E-state index is 9.74. The summed E-state index contributed by atoms with van der Waals surface area (Å²) in [5, 5.41) is 13.1. The zero-order valence-electron chi connectivity index (χ0n) is 12.7. The first-order valence-electron chi connectivity index (χ1n) is 7.56. The maximum Gasteiger partial charge on any atom is 0.0897 e. The standard InChI is InChI=1S/C15H33NO2/c1-5-7-8-14(6-2)9-16-10-15(17)12-18-11-13(3)4/h13-17H,5-12H2,1-4H3. The molecular weight excluding hydrogens is 226 g/mol. The van der Waals surface area contributed by atoms with Crippen molar-refractivity contribution >= 4 is 0 Å². The lowest BCUT2D eigenvalue weighted by Crippen LogP contribution is -2.33. The highest BCUT2D eigenvalue weighted by molar-refractivity contribution is 4.64. The molecule has 0 amide bonds. The second kappa shape index (κ2) is 11.9. The van der Waals surface area contributed by atoms with E-state index in [1.807, 2.05) is 0 Å². The van der Waals surface area contributed by atoms with Crippen LogP contribution in [0.3, 0.4) is 0 Å². The van der Waals surface area contributed by atoms with Gasteiger partial charge in [0.1, 0.15) is 0 Å². The predicted octanol–water partition coefficient (Wildman–Crippen LogP) is 2.83. The van der Waals surface area contributed by atoms with E-state index in [9.17, 15) is 5.11 Å². The van der Waals surface area contributed by atoms with E-state index in [1.165, 1.54) is 25.7 Å². The number of unbranched alkanes of at least 4 members (excludes halogenated alkanes) is 1.